The molecule has 4 heterocycles. The smallest absolute Gasteiger partial charge is 0.263 e. The maximum atomic E-state index is 14.1. The van der Waals surface area contributed by atoms with Crippen molar-refractivity contribution in [1.82, 2.24) is 19.3 Å². The van der Waals surface area contributed by atoms with E-state index in [4.69, 9.17) is 9.72 Å². The van der Waals surface area contributed by atoms with Crippen molar-refractivity contribution in [2.45, 2.75) is 55.3 Å². The van der Waals surface area contributed by atoms with E-state index in [0.29, 0.717) is 41.5 Å². The zero-order valence-electron chi connectivity index (χ0n) is 19.7. The lowest BCUT2D eigenvalue weighted by Gasteiger charge is -2.62. The minimum Gasteiger partial charge on any atom is -0.504 e. The van der Waals surface area contributed by atoms with Crippen LogP contribution in [-0.2, 0) is 18.3 Å². The van der Waals surface area contributed by atoms with Crippen molar-refractivity contribution < 1.29 is 14.9 Å². The predicted molar refractivity (Wildman–Crippen MR) is 132 cm³/mol. The number of benzene rings is 2. The number of aliphatic hydroxyl groups is 1. The Hall–Kier alpha value is -3.36. The monoisotopic (exact) mass is 482 g/mol. The number of hydrogen-bond donors (Lipinski definition) is 3. The summed E-state index contributed by atoms with van der Waals surface area (Å²) in [5, 5.41) is 23.7. The molecule has 4 atom stereocenters. The fourth-order valence-corrected chi connectivity index (χ4v) is 8.09. The topological polar surface area (TPSA) is 103 Å². The lowest BCUT2D eigenvalue weighted by Crippen LogP contribution is -2.75. The van der Waals surface area contributed by atoms with E-state index in [-0.39, 0.29) is 23.8 Å². The number of H-pyrrole nitrogens is 1. The van der Waals surface area contributed by atoms with Crippen LogP contribution in [0, 0.1) is 5.92 Å². The highest BCUT2D eigenvalue weighted by Crippen LogP contribution is 2.68. The number of likely N-dealkylation sites (tertiary alicyclic amines) is 1. The lowest BCUT2D eigenvalue weighted by atomic mass is 9.49. The molecule has 36 heavy (non-hydrogen) atoms. The molecular formula is C28H26N4O4. The summed E-state index contributed by atoms with van der Waals surface area (Å²) < 4.78 is 8.20. The van der Waals surface area contributed by atoms with E-state index in [1.54, 1.807) is 10.5 Å². The Balaban J connectivity index is 1.35. The maximum absolute atomic E-state index is 14.1. The van der Waals surface area contributed by atoms with Gasteiger partial charge in [0.15, 0.2) is 17.6 Å². The number of hydrogen-bond acceptors (Lipinski definition) is 6. The van der Waals surface area contributed by atoms with Gasteiger partial charge in [0.2, 0.25) is 5.78 Å². The first-order chi connectivity index (χ1) is 17.5. The molecule has 0 amide bonds. The zero-order valence-corrected chi connectivity index (χ0v) is 19.7. The third-order valence-corrected chi connectivity index (χ3v) is 9.82. The molecule has 0 unspecified atom stereocenters. The third-order valence-electron chi connectivity index (χ3n) is 9.82. The fraction of sp³-hybridized carbons (Fsp3) is 0.429. The van der Waals surface area contributed by atoms with Crippen LogP contribution in [0.15, 0.2) is 41.2 Å². The number of nitrogens with zero attached hydrogens (tertiary/aromatic N) is 3. The van der Waals surface area contributed by atoms with Crippen LogP contribution >= 0.6 is 0 Å². The van der Waals surface area contributed by atoms with Gasteiger partial charge >= 0.3 is 0 Å². The highest BCUT2D eigenvalue weighted by atomic mass is 16.5. The minimum absolute atomic E-state index is 0.0928. The van der Waals surface area contributed by atoms with E-state index in [9.17, 15) is 15.0 Å². The number of ether oxygens (including phenoxy) is 1. The summed E-state index contributed by atoms with van der Waals surface area (Å²) >= 11 is 0. The van der Waals surface area contributed by atoms with Crippen molar-refractivity contribution in [1.29, 1.82) is 0 Å². The Labute approximate surface area is 206 Å². The van der Waals surface area contributed by atoms with Gasteiger partial charge < -0.3 is 19.9 Å². The lowest BCUT2D eigenvalue weighted by molar-refractivity contribution is -0.173. The van der Waals surface area contributed by atoms with E-state index >= 15 is 0 Å². The molecule has 3 aliphatic carbocycles. The summed E-state index contributed by atoms with van der Waals surface area (Å²) in [5.41, 5.74) is 2.76. The Morgan fingerprint density at radius 3 is 2.92 bits per heavy atom. The van der Waals surface area contributed by atoms with E-state index in [1.165, 1.54) is 12.8 Å². The number of rotatable bonds is 2. The number of aromatic amines is 1. The fourth-order valence-electron chi connectivity index (χ4n) is 8.09. The molecule has 3 N–H and O–H groups in total. The van der Waals surface area contributed by atoms with Crippen molar-refractivity contribution in [3.8, 4) is 11.5 Å². The molecule has 2 bridgehead atoms. The normalized spacial score (nSPS) is 31.9. The molecule has 2 aliphatic heterocycles. The van der Waals surface area contributed by atoms with Crippen molar-refractivity contribution in [3.05, 3.63) is 69.1 Å². The van der Waals surface area contributed by atoms with Crippen LogP contribution < -0.4 is 10.3 Å². The predicted octanol–water partition coefficient (Wildman–Crippen LogP) is 2.58. The van der Waals surface area contributed by atoms with Crippen LogP contribution in [0.3, 0.4) is 0 Å². The first-order valence-corrected chi connectivity index (χ1v) is 13.0. The molecule has 182 valence electrons. The van der Waals surface area contributed by atoms with Gasteiger partial charge in [-0.2, -0.15) is 0 Å². The van der Waals surface area contributed by atoms with E-state index in [2.05, 4.69) is 9.88 Å². The van der Waals surface area contributed by atoms with E-state index in [1.807, 2.05) is 30.3 Å². The molecule has 4 aromatic rings. The Morgan fingerprint density at radius 1 is 1.19 bits per heavy atom. The first-order valence-electron chi connectivity index (χ1n) is 13.0. The molecule has 9 rings (SSSR count). The molecule has 1 spiro atoms. The zero-order chi connectivity index (χ0) is 24.0. The number of phenolic OH excluding ortho intramolecular Hbond substituents is 1. The van der Waals surface area contributed by atoms with Gasteiger partial charge in [-0.3, -0.25) is 9.69 Å². The summed E-state index contributed by atoms with van der Waals surface area (Å²) in [6.45, 7) is 1.86. The van der Waals surface area contributed by atoms with Gasteiger partial charge in [-0.15, -0.1) is 0 Å². The van der Waals surface area contributed by atoms with Crippen molar-refractivity contribution in [2.75, 3.05) is 13.1 Å². The first kappa shape index (κ1) is 19.8. The van der Waals surface area contributed by atoms with E-state index < -0.39 is 17.1 Å². The molecule has 2 fully saturated rings. The van der Waals surface area contributed by atoms with Crippen LogP contribution in [0.1, 0.15) is 47.8 Å². The highest BCUT2D eigenvalue weighted by molar-refractivity contribution is 5.79. The van der Waals surface area contributed by atoms with Crippen LogP contribution in [0.25, 0.3) is 16.8 Å². The number of nitrogens with one attached hydrogen (secondary N) is 1. The largest absolute Gasteiger partial charge is 0.504 e. The highest BCUT2D eigenvalue weighted by Gasteiger charge is 2.73. The van der Waals surface area contributed by atoms with Gasteiger partial charge in [-0.05, 0) is 61.9 Å². The van der Waals surface area contributed by atoms with Gasteiger partial charge in [0.1, 0.15) is 0 Å². The number of para-hydroxylation sites is 2. The average Bonchev–Trinajstić information content (AvgIpc) is 3.49. The second-order valence-corrected chi connectivity index (χ2v) is 11.5. The second-order valence-electron chi connectivity index (χ2n) is 11.5. The summed E-state index contributed by atoms with van der Waals surface area (Å²) in [6, 6.07) is 11.2. The Kier molecular flexibility index (Phi) is 3.37. The van der Waals surface area contributed by atoms with Crippen LogP contribution in [0.5, 0.6) is 11.5 Å². The number of aromatic hydroxyl groups is 1. The molecule has 1 saturated heterocycles. The summed E-state index contributed by atoms with van der Waals surface area (Å²) in [4.78, 5) is 24.7. The van der Waals surface area contributed by atoms with Gasteiger partial charge in [0.25, 0.3) is 5.56 Å². The van der Waals surface area contributed by atoms with Crippen molar-refractivity contribution in [3.63, 3.8) is 0 Å². The number of phenols is 1. The molecule has 5 aliphatic rings. The Bertz CT molecular complexity index is 1700. The minimum atomic E-state index is -1.18. The number of piperidine rings is 1. The molecule has 2 aromatic heterocycles. The maximum Gasteiger partial charge on any atom is 0.263 e. The van der Waals surface area contributed by atoms with Gasteiger partial charge in [0.05, 0.1) is 27.7 Å². The molecule has 0 radical (unpaired) electrons. The Morgan fingerprint density at radius 2 is 2.06 bits per heavy atom. The average molecular weight is 483 g/mol. The van der Waals surface area contributed by atoms with Gasteiger partial charge in [-0.1, -0.05) is 18.2 Å². The summed E-state index contributed by atoms with van der Waals surface area (Å²) in [6.07, 6.45) is 3.57. The number of imidazole rings is 1. The third kappa shape index (κ3) is 2.08. The van der Waals surface area contributed by atoms with Crippen LogP contribution in [0.2, 0.25) is 0 Å². The molecular weight excluding hydrogens is 456 g/mol. The standard InChI is InChI=1S/C28H26N4O4/c33-19-8-7-15-11-20-28(35)12-16-22(30-26-29-17-3-1-2-4-18(17)32(26)25(16)34)24-27(28,21(15)23(19)36-24)9-10-31(20)13-14-5-6-14/h1-4,7-8,14,20,24,33,35H,5-6,9-13H2,(H,29,30)/t20-,24+,27+,28-/m1/s1. The van der Waals surface area contributed by atoms with Crippen LogP contribution in [0.4, 0.5) is 0 Å². The molecule has 2 aromatic carbocycles. The number of aromatic nitrogens is 3. The van der Waals surface area contributed by atoms with Crippen molar-refractivity contribution >= 4 is 16.8 Å². The van der Waals surface area contributed by atoms with Gasteiger partial charge in [-0.25, -0.2) is 9.38 Å². The van der Waals surface area contributed by atoms with Gasteiger partial charge in [0, 0.05) is 30.1 Å². The number of fused-ring (bicyclic) bond motifs is 5. The van der Waals surface area contributed by atoms with Crippen molar-refractivity contribution in [2.24, 2.45) is 5.92 Å². The quantitative estimate of drug-likeness (QED) is 0.406. The van der Waals surface area contributed by atoms with Crippen LogP contribution in [-0.4, -0.2) is 54.2 Å². The summed E-state index contributed by atoms with van der Waals surface area (Å²) in [5.74, 6) is 1.73. The molecule has 8 heteroatoms. The second kappa shape index (κ2) is 6.12. The van der Waals surface area contributed by atoms with E-state index in [0.717, 1.165) is 35.2 Å². The summed E-state index contributed by atoms with van der Waals surface area (Å²) in [7, 11) is 0. The molecule has 1 saturated carbocycles. The SMILES string of the molecule is O=c1c2c([nH]c3nc4ccccc4n13)[C@@H]1Oc3c(O)ccc4c3[C@@]13CCN(CC1CC1)[C@H](C4)[C@]3(O)C2. The molecule has 8 nitrogen and oxygen atoms in total.